The fourth-order valence-electron chi connectivity index (χ4n) is 2.98. The van der Waals surface area contributed by atoms with Gasteiger partial charge in [-0.05, 0) is 50.4 Å². The van der Waals surface area contributed by atoms with Crippen molar-refractivity contribution in [1.82, 2.24) is 20.1 Å². The van der Waals surface area contributed by atoms with Gasteiger partial charge in [0.15, 0.2) is 5.65 Å². The Labute approximate surface area is 165 Å². The summed E-state index contributed by atoms with van der Waals surface area (Å²) in [5.41, 5.74) is 2.16. The zero-order chi connectivity index (χ0) is 19.0. The molecule has 0 radical (unpaired) electrons. The van der Waals surface area contributed by atoms with E-state index in [0.717, 1.165) is 26.5 Å². The van der Waals surface area contributed by atoms with Crippen LogP contribution >= 0.6 is 22.7 Å². The van der Waals surface area contributed by atoms with Crippen molar-refractivity contribution in [1.29, 1.82) is 0 Å². The average molecular weight is 397 g/mol. The van der Waals surface area contributed by atoms with Gasteiger partial charge >= 0.3 is 0 Å². The molecule has 0 aliphatic rings. The molecule has 138 valence electrons. The molecule has 0 bridgehead atoms. The zero-order valence-corrected chi connectivity index (χ0v) is 17.0. The maximum atomic E-state index is 13.0. The van der Waals surface area contributed by atoms with Crippen LogP contribution in [0.15, 0.2) is 41.9 Å². The Morgan fingerprint density at radius 3 is 2.81 bits per heavy atom. The summed E-state index contributed by atoms with van der Waals surface area (Å²) >= 11 is 3.31. The van der Waals surface area contributed by atoms with Gasteiger partial charge in [-0.1, -0.05) is 6.07 Å². The minimum Gasteiger partial charge on any atom is -0.347 e. The molecule has 4 aromatic rings. The third-order valence-corrected chi connectivity index (χ3v) is 6.19. The smallest absolute Gasteiger partial charge is 0.252 e. The lowest BCUT2D eigenvalue weighted by molar-refractivity contribution is 0.0953. The van der Waals surface area contributed by atoms with Gasteiger partial charge in [-0.3, -0.25) is 4.79 Å². The molecule has 0 aliphatic heterocycles. The molecule has 5 nitrogen and oxygen atoms in total. The first kappa shape index (κ1) is 17.9. The van der Waals surface area contributed by atoms with E-state index in [1.54, 1.807) is 28.9 Å². The summed E-state index contributed by atoms with van der Waals surface area (Å²) in [7, 11) is 0. The second-order valence-corrected chi connectivity index (χ2v) is 8.97. The Bertz CT molecular complexity index is 1090. The molecule has 4 rings (SSSR count). The molecule has 0 saturated heterocycles. The standard InChI is InChI=1S/C20H20N4OS2/c1-12(2)24-19-16(11-22-24)15(9-17(23-19)18-5-4-8-26-18)20(25)21-10-14-7-6-13(3)27-14/h4-9,11-12H,10H2,1-3H3,(H,21,25). The van der Waals surface area contributed by atoms with Gasteiger partial charge < -0.3 is 5.32 Å². The van der Waals surface area contributed by atoms with Gasteiger partial charge in [0.25, 0.3) is 5.91 Å². The zero-order valence-electron chi connectivity index (χ0n) is 15.4. The predicted molar refractivity (Wildman–Crippen MR) is 111 cm³/mol. The topological polar surface area (TPSA) is 59.8 Å². The highest BCUT2D eigenvalue weighted by Gasteiger charge is 2.18. The molecule has 4 aromatic heterocycles. The van der Waals surface area contributed by atoms with E-state index in [2.05, 4.69) is 43.3 Å². The normalized spacial score (nSPS) is 11.4. The molecule has 0 spiro atoms. The van der Waals surface area contributed by atoms with Crippen LogP contribution in [0.2, 0.25) is 0 Å². The highest BCUT2D eigenvalue weighted by molar-refractivity contribution is 7.13. The number of thiophene rings is 2. The van der Waals surface area contributed by atoms with Gasteiger partial charge in [-0.25, -0.2) is 9.67 Å². The van der Waals surface area contributed by atoms with E-state index in [0.29, 0.717) is 12.1 Å². The Morgan fingerprint density at radius 2 is 2.15 bits per heavy atom. The third kappa shape index (κ3) is 3.52. The second kappa shape index (κ2) is 7.25. The van der Waals surface area contributed by atoms with E-state index >= 15 is 0 Å². The average Bonchev–Trinajstić information content (AvgIpc) is 3.38. The van der Waals surface area contributed by atoms with Crippen molar-refractivity contribution in [2.75, 3.05) is 0 Å². The van der Waals surface area contributed by atoms with E-state index < -0.39 is 0 Å². The number of rotatable bonds is 5. The van der Waals surface area contributed by atoms with E-state index in [1.807, 2.05) is 28.3 Å². The molecule has 0 atom stereocenters. The van der Waals surface area contributed by atoms with Crippen LogP contribution in [0.4, 0.5) is 0 Å². The summed E-state index contributed by atoms with van der Waals surface area (Å²) in [6.07, 6.45) is 1.74. The molecule has 27 heavy (non-hydrogen) atoms. The Kier molecular flexibility index (Phi) is 4.80. The number of aromatic nitrogens is 3. The number of nitrogens with one attached hydrogen (secondary N) is 1. The van der Waals surface area contributed by atoms with Crippen LogP contribution in [0.3, 0.4) is 0 Å². The quantitative estimate of drug-likeness (QED) is 0.514. The molecule has 0 saturated carbocycles. The third-order valence-electron chi connectivity index (χ3n) is 4.29. The maximum absolute atomic E-state index is 13.0. The first-order chi connectivity index (χ1) is 13.0. The van der Waals surface area contributed by atoms with Crippen molar-refractivity contribution in [3.8, 4) is 10.6 Å². The Hall–Kier alpha value is -2.51. The number of amides is 1. The summed E-state index contributed by atoms with van der Waals surface area (Å²) in [5, 5.41) is 10.3. The lowest BCUT2D eigenvalue weighted by Crippen LogP contribution is -2.22. The van der Waals surface area contributed by atoms with Gasteiger partial charge in [0.1, 0.15) is 0 Å². The molecule has 0 fully saturated rings. The Balaban J connectivity index is 1.74. The van der Waals surface area contributed by atoms with Gasteiger partial charge in [-0.15, -0.1) is 22.7 Å². The van der Waals surface area contributed by atoms with E-state index in [9.17, 15) is 4.79 Å². The number of hydrogen-bond acceptors (Lipinski definition) is 5. The minimum absolute atomic E-state index is 0.102. The number of pyridine rings is 1. The lowest BCUT2D eigenvalue weighted by Gasteiger charge is -2.10. The predicted octanol–water partition coefficient (Wildman–Crippen LogP) is 5.04. The molecule has 0 aliphatic carbocycles. The second-order valence-electron chi connectivity index (χ2n) is 6.65. The Morgan fingerprint density at radius 1 is 1.30 bits per heavy atom. The largest absolute Gasteiger partial charge is 0.347 e. The number of aryl methyl sites for hydroxylation is 1. The van der Waals surface area contributed by atoms with Crippen LogP contribution in [0.1, 0.15) is 40.0 Å². The maximum Gasteiger partial charge on any atom is 0.252 e. The van der Waals surface area contributed by atoms with E-state index in [-0.39, 0.29) is 11.9 Å². The minimum atomic E-state index is -0.102. The molecular formula is C20H20N4OS2. The summed E-state index contributed by atoms with van der Waals surface area (Å²) in [6, 6.07) is 10.2. The fourth-order valence-corrected chi connectivity index (χ4v) is 4.49. The van der Waals surface area contributed by atoms with Crippen LogP contribution in [-0.4, -0.2) is 20.7 Å². The monoisotopic (exact) mass is 396 g/mol. The number of fused-ring (bicyclic) bond motifs is 1. The highest BCUT2D eigenvalue weighted by Crippen LogP contribution is 2.29. The molecule has 4 heterocycles. The van der Waals surface area contributed by atoms with Crippen molar-refractivity contribution in [2.24, 2.45) is 0 Å². The molecule has 0 aromatic carbocycles. The summed E-state index contributed by atoms with van der Waals surface area (Å²) in [5.74, 6) is -0.102. The first-order valence-electron chi connectivity index (χ1n) is 8.78. The van der Waals surface area contributed by atoms with Gasteiger partial charge in [0, 0.05) is 15.8 Å². The van der Waals surface area contributed by atoms with E-state index in [4.69, 9.17) is 4.98 Å². The first-order valence-corrected chi connectivity index (χ1v) is 10.5. The molecular weight excluding hydrogens is 376 g/mol. The summed E-state index contributed by atoms with van der Waals surface area (Å²) in [6.45, 7) is 6.71. The molecule has 1 amide bonds. The number of carbonyl (C=O) groups excluding carboxylic acids is 1. The van der Waals surface area contributed by atoms with E-state index in [1.165, 1.54) is 4.88 Å². The van der Waals surface area contributed by atoms with Crippen LogP contribution in [-0.2, 0) is 6.54 Å². The van der Waals surface area contributed by atoms with Gasteiger partial charge in [0.2, 0.25) is 0 Å². The number of carbonyl (C=O) groups is 1. The van der Waals surface area contributed by atoms with Crippen LogP contribution in [0, 0.1) is 6.92 Å². The van der Waals surface area contributed by atoms with Gasteiger partial charge in [-0.2, -0.15) is 5.10 Å². The van der Waals surface area contributed by atoms with Crippen LogP contribution in [0.5, 0.6) is 0 Å². The molecule has 7 heteroatoms. The lowest BCUT2D eigenvalue weighted by atomic mass is 10.1. The number of hydrogen-bond donors (Lipinski definition) is 1. The van der Waals surface area contributed by atoms with Crippen molar-refractivity contribution in [3.63, 3.8) is 0 Å². The van der Waals surface area contributed by atoms with Crippen molar-refractivity contribution in [3.05, 3.63) is 57.2 Å². The molecule has 0 unspecified atom stereocenters. The van der Waals surface area contributed by atoms with Crippen molar-refractivity contribution >= 4 is 39.6 Å². The van der Waals surface area contributed by atoms with Crippen molar-refractivity contribution < 1.29 is 4.79 Å². The van der Waals surface area contributed by atoms with Gasteiger partial charge in [0.05, 0.1) is 34.3 Å². The van der Waals surface area contributed by atoms with Crippen molar-refractivity contribution in [2.45, 2.75) is 33.4 Å². The number of nitrogens with zero attached hydrogens (tertiary/aromatic N) is 3. The van der Waals surface area contributed by atoms with Crippen LogP contribution < -0.4 is 5.32 Å². The summed E-state index contributed by atoms with van der Waals surface area (Å²) in [4.78, 5) is 21.2. The summed E-state index contributed by atoms with van der Waals surface area (Å²) < 4.78 is 1.87. The fraction of sp³-hybridized carbons (Fsp3) is 0.250. The SMILES string of the molecule is Cc1ccc(CNC(=O)c2cc(-c3cccs3)nc3c2cnn3C(C)C)s1. The highest BCUT2D eigenvalue weighted by atomic mass is 32.1. The van der Waals surface area contributed by atoms with Crippen LogP contribution in [0.25, 0.3) is 21.6 Å². The molecule has 1 N–H and O–H groups in total.